The highest BCUT2D eigenvalue weighted by Crippen LogP contribution is 2.44. The fraction of sp³-hybridized carbons (Fsp3) is 0.500. The van der Waals surface area contributed by atoms with Crippen LogP contribution in [0.4, 0.5) is 4.39 Å². The minimum Gasteiger partial charge on any atom is -0.299 e. The molecule has 0 spiro atoms. The van der Waals surface area contributed by atoms with Crippen molar-refractivity contribution in [1.29, 1.82) is 0 Å². The van der Waals surface area contributed by atoms with E-state index in [-0.39, 0.29) is 12.2 Å². The minimum atomic E-state index is -3.71. The summed E-state index contributed by atoms with van der Waals surface area (Å²) in [5, 5.41) is 5.55. The number of fused-ring (bicyclic) bond motifs is 1. The number of nitrogens with zero attached hydrogens (tertiary/aromatic N) is 1. The molecule has 30 heavy (non-hydrogen) atoms. The lowest BCUT2D eigenvalue weighted by atomic mass is 9.79. The number of benzene rings is 2. The van der Waals surface area contributed by atoms with Gasteiger partial charge in [-0.15, -0.1) is 0 Å². The number of rotatable bonds is 6. The van der Waals surface area contributed by atoms with Gasteiger partial charge in [-0.25, -0.2) is 17.9 Å². The van der Waals surface area contributed by atoms with E-state index in [4.69, 9.17) is 5.14 Å². The topological polar surface area (TPSA) is 63.4 Å². The van der Waals surface area contributed by atoms with Crippen molar-refractivity contribution in [3.8, 4) is 0 Å². The first kappa shape index (κ1) is 20.2. The summed E-state index contributed by atoms with van der Waals surface area (Å²) in [4.78, 5) is 2.52. The molecule has 3 aliphatic rings. The first-order valence-corrected chi connectivity index (χ1v) is 12.5. The second-order valence-corrected chi connectivity index (χ2v) is 11.3. The summed E-state index contributed by atoms with van der Waals surface area (Å²) < 4.78 is 38.5. The Balaban J connectivity index is 1.50. The van der Waals surface area contributed by atoms with E-state index in [1.165, 1.54) is 17.5 Å². The van der Waals surface area contributed by atoms with Gasteiger partial charge in [0.1, 0.15) is 5.82 Å². The van der Waals surface area contributed by atoms with Gasteiger partial charge in [-0.3, -0.25) is 4.90 Å². The summed E-state index contributed by atoms with van der Waals surface area (Å²) in [6.07, 6.45) is 5.05. The molecule has 2 aliphatic carbocycles. The molecular weight excluding hydrogens is 399 g/mol. The molecule has 0 radical (unpaired) electrons. The highest BCUT2D eigenvalue weighted by molar-refractivity contribution is 7.90. The highest BCUT2D eigenvalue weighted by Gasteiger charge is 2.48. The molecule has 1 heterocycles. The second-order valence-electron chi connectivity index (χ2n) is 9.36. The summed E-state index contributed by atoms with van der Waals surface area (Å²) >= 11 is 0. The lowest BCUT2D eigenvalue weighted by molar-refractivity contribution is 0.106. The Morgan fingerprint density at radius 1 is 1.10 bits per heavy atom. The summed E-state index contributed by atoms with van der Waals surface area (Å²) in [6.45, 7) is 2.21. The van der Waals surface area contributed by atoms with Crippen LogP contribution in [0.5, 0.6) is 0 Å². The van der Waals surface area contributed by atoms with Crippen LogP contribution in [0.15, 0.2) is 42.5 Å². The number of sulfonamides is 1. The minimum absolute atomic E-state index is 0.178. The van der Waals surface area contributed by atoms with Crippen molar-refractivity contribution in [3.05, 3.63) is 70.5 Å². The molecule has 2 N–H and O–H groups in total. The van der Waals surface area contributed by atoms with Crippen LogP contribution < -0.4 is 5.14 Å². The first-order valence-electron chi connectivity index (χ1n) is 11.0. The van der Waals surface area contributed by atoms with Gasteiger partial charge < -0.3 is 0 Å². The van der Waals surface area contributed by atoms with Crippen LogP contribution in [0.3, 0.4) is 0 Å². The SMILES string of the molecule is NS(=O)(=O)C1(Cc2cc3c(cc2F)CC(N2CCC2)C3Cc2ccccc2)CCC1. The van der Waals surface area contributed by atoms with Gasteiger partial charge in [0.05, 0.1) is 4.75 Å². The van der Waals surface area contributed by atoms with Crippen molar-refractivity contribution in [2.75, 3.05) is 13.1 Å². The fourth-order valence-electron chi connectivity index (χ4n) is 5.56. The summed E-state index contributed by atoms with van der Waals surface area (Å²) in [7, 11) is -3.71. The van der Waals surface area contributed by atoms with E-state index in [1.54, 1.807) is 6.07 Å². The van der Waals surface area contributed by atoms with Crippen LogP contribution in [-0.2, 0) is 29.3 Å². The van der Waals surface area contributed by atoms with E-state index in [0.717, 1.165) is 37.9 Å². The lowest BCUT2D eigenvalue weighted by Crippen LogP contribution is -2.50. The van der Waals surface area contributed by atoms with Crippen LogP contribution >= 0.6 is 0 Å². The third-order valence-corrected chi connectivity index (χ3v) is 9.40. The van der Waals surface area contributed by atoms with Crippen LogP contribution in [0.2, 0.25) is 0 Å². The number of halogens is 1. The standard InChI is InChI=1S/C24H29FN2O2S/c25-22-14-18-15-23(27-10-5-11-27)21(12-17-6-2-1-3-7-17)20(18)13-19(22)16-24(8-4-9-24)30(26,28)29/h1-3,6-7,13-14,21,23H,4-5,8-12,15-16H2,(H2,26,28,29). The van der Waals surface area contributed by atoms with Crippen molar-refractivity contribution in [2.24, 2.45) is 5.14 Å². The zero-order chi connectivity index (χ0) is 20.9. The van der Waals surface area contributed by atoms with Crippen LogP contribution in [0.25, 0.3) is 0 Å². The van der Waals surface area contributed by atoms with Crippen molar-refractivity contribution >= 4 is 10.0 Å². The molecular formula is C24H29FN2O2S. The molecule has 4 nitrogen and oxygen atoms in total. The summed E-state index contributed by atoms with van der Waals surface area (Å²) in [6, 6.07) is 14.5. The predicted octanol–water partition coefficient (Wildman–Crippen LogP) is 3.54. The maximum atomic E-state index is 15.1. The average Bonchev–Trinajstić information content (AvgIpc) is 2.93. The molecule has 2 atom stereocenters. The summed E-state index contributed by atoms with van der Waals surface area (Å²) in [5.74, 6) is 0.0141. The molecule has 1 aliphatic heterocycles. The van der Waals surface area contributed by atoms with Crippen molar-refractivity contribution in [3.63, 3.8) is 0 Å². The molecule has 160 valence electrons. The van der Waals surface area contributed by atoms with Crippen LogP contribution in [0, 0.1) is 5.82 Å². The predicted molar refractivity (Wildman–Crippen MR) is 116 cm³/mol. The monoisotopic (exact) mass is 428 g/mol. The molecule has 5 rings (SSSR count). The zero-order valence-electron chi connectivity index (χ0n) is 17.2. The molecule has 2 fully saturated rings. The molecule has 0 aromatic heterocycles. The Bertz CT molecular complexity index is 1050. The second kappa shape index (κ2) is 7.43. The largest absolute Gasteiger partial charge is 0.299 e. The van der Waals surface area contributed by atoms with Crippen molar-refractivity contribution in [1.82, 2.24) is 4.90 Å². The Morgan fingerprint density at radius 3 is 2.40 bits per heavy atom. The summed E-state index contributed by atoms with van der Waals surface area (Å²) in [5.41, 5.74) is 4.06. The van der Waals surface area contributed by atoms with E-state index in [1.807, 2.05) is 12.1 Å². The molecule has 2 aromatic carbocycles. The van der Waals surface area contributed by atoms with Gasteiger partial charge >= 0.3 is 0 Å². The van der Waals surface area contributed by atoms with Crippen LogP contribution in [0.1, 0.15) is 53.9 Å². The lowest BCUT2D eigenvalue weighted by Gasteiger charge is -2.40. The quantitative estimate of drug-likeness (QED) is 0.766. The molecule has 2 unspecified atom stereocenters. The molecule has 0 amide bonds. The van der Waals surface area contributed by atoms with E-state index in [2.05, 4.69) is 29.2 Å². The molecule has 2 aromatic rings. The fourth-order valence-corrected chi connectivity index (χ4v) is 6.78. The van der Waals surface area contributed by atoms with E-state index in [0.29, 0.717) is 30.4 Å². The average molecular weight is 429 g/mol. The van der Waals surface area contributed by atoms with Crippen LogP contribution in [-0.4, -0.2) is 37.2 Å². The van der Waals surface area contributed by atoms with Gasteiger partial charge in [0.25, 0.3) is 0 Å². The Kier molecular flexibility index (Phi) is 4.99. The van der Waals surface area contributed by atoms with Gasteiger partial charge in [0.15, 0.2) is 0 Å². The number of hydrogen-bond donors (Lipinski definition) is 1. The molecule has 1 saturated carbocycles. The smallest absolute Gasteiger partial charge is 0.215 e. The van der Waals surface area contributed by atoms with Gasteiger partial charge in [-0.05, 0) is 79.9 Å². The van der Waals surface area contributed by atoms with E-state index in [9.17, 15) is 8.42 Å². The normalized spacial score (nSPS) is 25.4. The first-order chi connectivity index (χ1) is 14.4. The van der Waals surface area contributed by atoms with Gasteiger partial charge in [0, 0.05) is 12.0 Å². The molecule has 6 heteroatoms. The Labute approximate surface area is 178 Å². The number of primary sulfonamides is 1. The third-order valence-electron chi connectivity index (χ3n) is 7.64. The number of hydrogen-bond acceptors (Lipinski definition) is 3. The highest BCUT2D eigenvalue weighted by atomic mass is 32.2. The van der Waals surface area contributed by atoms with E-state index >= 15 is 4.39 Å². The van der Waals surface area contributed by atoms with Gasteiger partial charge in [-0.1, -0.05) is 42.8 Å². The Hall–Kier alpha value is -1.76. The molecule has 1 saturated heterocycles. The van der Waals surface area contributed by atoms with Gasteiger partial charge in [0.2, 0.25) is 10.0 Å². The third kappa shape index (κ3) is 3.39. The maximum absolute atomic E-state index is 15.1. The Morgan fingerprint density at radius 2 is 1.83 bits per heavy atom. The van der Waals surface area contributed by atoms with Crippen molar-refractivity contribution in [2.45, 2.75) is 61.7 Å². The zero-order valence-corrected chi connectivity index (χ0v) is 18.0. The van der Waals surface area contributed by atoms with Gasteiger partial charge in [-0.2, -0.15) is 0 Å². The maximum Gasteiger partial charge on any atom is 0.215 e. The number of likely N-dealkylation sites (tertiary alicyclic amines) is 1. The van der Waals surface area contributed by atoms with Crippen molar-refractivity contribution < 1.29 is 12.8 Å². The van der Waals surface area contributed by atoms with E-state index < -0.39 is 14.8 Å². The number of nitrogens with two attached hydrogens (primary N) is 1. The molecule has 0 bridgehead atoms.